The molecule has 122 valence electrons. The molecular weight excluding hydrogens is 304 g/mol. The molecule has 1 aliphatic carbocycles. The first-order valence-corrected chi connectivity index (χ1v) is 8.01. The maximum absolute atomic E-state index is 11.9. The first kappa shape index (κ1) is 16.9. The fraction of sp³-hybridized carbons (Fsp3) is 0.562. The third-order valence-corrected chi connectivity index (χ3v) is 4.19. The quantitative estimate of drug-likeness (QED) is 0.778. The van der Waals surface area contributed by atoms with E-state index < -0.39 is 0 Å². The van der Waals surface area contributed by atoms with E-state index in [4.69, 9.17) is 16.3 Å². The molecule has 0 atom stereocenters. The number of hydrogen-bond acceptors (Lipinski definition) is 3. The van der Waals surface area contributed by atoms with Crippen molar-refractivity contribution in [1.29, 1.82) is 0 Å². The van der Waals surface area contributed by atoms with Gasteiger partial charge in [-0.1, -0.05) is 11.6 Å². The topological polar surface area (TPSA) is 70.6 Å². The van der Waals surface area contributed by atoms with Crippen molar-refractivity contribution < 1.29 is 14.6 Å². The molecule has 0 aliphatic heterocycles. The van der Waals surface area contributed by atoms with E-state index in [1.165, 1.54) is 0 Å². The minimum atomic E-state index is -0.212. The number of carbonyl (C=O) groups is 1. The zero-order chi connectivity index (χ0) is 15.9. The molecular formula is C16H23ClN2O3. The van der Waals surface area contributed by atoms with E-state index in [2.05, 4.69) is 10.6 Å². The molecule has 0 bridgehead atoms. The van der Waals surface area contributed by atoms with Gasteiger partial charge in [0.05, 0.1) is 13.2 Å². The molecule has 3 N–H and O–H groups in total. The third-order valence-electron chi connectivity index (χ3n) is 3.95. The molecule has 2 rings (SSSR count). The van der Waals surface area contributed by atoms with Gasteiger partial charge in [-0.25, -0.2) is 4.79 Å². The lowest BCUT2D eigenvalue weighted by atomic mass is 9.93. The van der Waals surface area contributed by atoms with E-state index in [0.29, 0.717) is 18.0 Å². The van der Waals surface area contributed by atoms with E-state index in [1.54, 1.807) is 13.2 Å². The second-order valence-corrected chi connectivity index (χ2v) is 6.05. The van der Waals surface area contributed by atoms with Crippen molar-refractivity contribution in [3.05, 3.63) is 28.8 Å². The summed E-state index contributed by atoms with van der Waals surface area (Å²) in [6.07, 6.45) is 3.61. The Kier molecular flexibility index (Phi) is 6.34. The Morgan fingerprint density at radius 2 is 2.09 bits per heavy atom. The maximum atomic E-state index is 11.9. The molecule has 1 aromatic carbocycles. The van der Waals surface area contributed by atoms with Gasteiger partial charge in [0.25, 0.3) is 0 Å². The number of nitrogens with one attached hydrogen (secondary N) is 2. The molecule has 2 amide bonds. The Morgan fingerprint density at radius 1 is 1.36 bits per heavy atom. The highest BCUT2D eigenvalue weighted by Gasteiger charge is 2.20. The highest BCUT2D eigenvalue weighted by Crippen LogP contribution is 2.22. The van der Waals surface area contributed by atoms with Crippen LogP contribution in [0.5, 0.6) is 5.75 Å². The van der Waals surface area contributed by atoms with Crippen LogP contribution in [0.2, 0.25) is 5.02 Å². The standard InChI is InChI=1S/C16H23ClN2O3/c1-22-15-7-2-12(17)10-11(15)8-9-18-16(21)19-13-3-5-14(20)6-4-13/h2,7,10,13-14,20H,3-6,8-9H2,1H3,(H2,18,19,21). The molecule has 0 heterocycles. The van der Waals surface area contributed by atoms with Crippen molar-refractivity contribution in [3.8, 4) is 5.75 Å². The van der Waals surface area contributed by atoms with Crippen LogP contribution in [0.1, 0.15) is 31.2 Å². The Bertz CT molecular complexity index is 502. The normalized spacial score (nSPS) is 21.2. The van der Waals surface area contributed by atoms with Gasteiger partial charge in [-0.3, -0.25) is 0 Å². The fourth-order valence-electron chi connectivity index (χ4n) is 2.71. The number of amides is 2. The lowest BCUT2D eigenvalue weighted by molar-refractivity contribution is 0.117. The second-order valence-electron chi connectivity index (χ2n) is 5.61. The molecule has 0 unspecified atom stereocenters. The van der Waals surface area contributed by atoms with Gasteiger partial charge in [0.15, 0.2) is 0 Å². The average molecular weight is 327 g/mol. The molecule has 1 aromatic rings. The lowest BCUT2D eigenvalue weighted by Gasteiger charge is -2.26. The smallest absolute Gasteiger partial charge is 0.315 e. The lowest BCUT2D eigenvalue weighted by Crippen LogP contribution is -2.44. The van der Waals surface area contributed by atoms with Crippen molar-refractivity contribution in [2.75, 3.05) is 13.7 Å². The number of carbonyl (C=O) groups excluding carboxylic acids is 1. The van der Waals surface area contributed by atoms with Gasteiger partial charge in [0.1, 0.15) is 5.75 Å². The molecule has 1 aliphatic rings. The van der Waals surface area contributed by atoms with Crippen molar-refractivity contribution in [1.82, 2.24) is 10.6 Å². The Morgan fingerprint density at radius 3 is 2.77 bits per heavy atom. The van der Waals surface area contributed by atoms with E-state index >= 15 is 0 Å². The van der Waals surface area contributed by atoms with Crippen LogP contribution in [0.3, 0.4) is 0 Å². The van der Waals surface area contributed by atoms with Gasteiger partial charge < -0.3 is 20.5 Å². The molecule has 1 fully saturated rings. The monoisotopic (exact) mass is 326 g/mol. The van der Waals surface area contributed by atoms with E-state index in [0.717, 1.165) is 37.0 Å². The molecule has 5 nitrogen and oxygen atoms in total. The summed E-state index contributed by atoms with van der Waals surface area (Å²) in [4.78, 5) is 11.9. The summed E-state index contributed by atoms with van der Waals surface area (Å²) in [5.74, 6) is 0.771. The van der Waals surface area contributed by atoms with E-state index in [-0.39, 0.29) is 18.2 Å². The van der Waals surface area contributed by atoms with Gasteiger partial charge in [-0.2, -0.15) is 0 Å². The minimum Gasteiger partial charge on any atom is -0.496 e. The summed E-state index contributed by atoms with van der Waals surface area (Å²) in [5, 5.41) is 15.9. The Hall–Kier alpha value is -1.46. The number of halogens is 1. The van der Waals surface area contributed by atoms with Gasteiger partial charge in [0, 0.05) is 17.6 Å². The number of rotatable bonds is 5. The number of urea groups is 1. The number of ether oxygens (including phenoxy) is 1. The second kappa shape index (κ2) is 8.25. The number of aliphatic hydroxyl groups excluding tert-OH is 1. The predicted molar refractivity (Wildman–Crippen MR) is 86.5 cm³/mol. The van der Waals surface area contributed by atoms with Gasteiger partial charge in [-0.05, 0) is 55.9 Å². The zero-order valence-corrected chi connectivity index (χ0v) is 13.5. The Labute approximate surface area is 136 Å². The van der Waals surface area contributed by atoms with Crippen LogP contribution in [0.15, 0.2) is 18.2 Å². The highest BCUT2D eigenvalue weighted by molar-refractivity contribution is 6.30. The largest absolute Gasteiger partial charge is 0.496 e. The first-order valence-electron chi connectivity index (χ1n) is 7.63. The van der Waals surface area contributed by atoms with Gasteiger partial charge >= 0.3 is 6.03 Å². The van der Waals surface area contributed by atoms with Crippen molar-refractivity contribution in [2.45, 2.75) is 44.2 Å². The maximum Gasteiger partial charge on any atom is 0.315 e. The predicted octanol–water partition coefficient (Wildman–Crippen LogP) is 2.49. The van der Waals surface area contributed by atoms with Crippen molar-refractivity contribution in [3.63, 3.8) is 0 Å². The van der Waals surface area contributed by atoms with Crippen LogP contribution in [0, 0.1) is 0 Å². The SMILES string of the molecule is COc1ccc(Cl)cc1CCNC(=O)NC1CCC(O)CC1. The van der Waals surface area contributed by atoms with Gasteiger partial charge in [-0.15, -0.1) is 0 Å². The average Bonchev–Trinajstić information content (AvgIpc) is 2.50. The fourth-order valence-corrected chi connectivity index (χ4v) is 2.90. The molecule has 0 aromatic heterocycles. The number of hydrogen-bond donors (Lipinski definition) is 3. The van der Waals surface area contributed by atoms with Crippen molar-refractivity contribution >= 4 is 17.6 Å². The first-order chi connectivity index (χ1) is 10.6. The summed E-state index contributed by atoms with van der Waals surface area (Å²) in [6, 6.07) is 5.45. The number of benzene rings is 1. The summed E-state index contributed by atoms with van der Waals surface area (Å²) in [5.41, 5.74) is 0.969. The summed E-state index contributed by atoms with van der Waals surface area (Å²) >= 11 is 5.98. The summed E-state index contributed by atoms with van der Waals surface area (Å²) in [6.45, 7) is 0.512. The number of methoxy groups -OCH3 is 1. The van der Waals surface area contributed by atoms with Crippen LogP contribution >= 0.6 is 11.6 Å². The van der Waals surface area contributed by atoms with E-state index in [9.17, 15) is 9.90 Å². The molecule has 6 heteroatoms. The summed E-state index contributed by atoms with van der Waals surface area (Å²) < 4.78 is 5.28. The Balaban J connectivity index is 1.74. The molecule has 0 saturated heterocycles. The zero-order valence-electron chi connectivity index (χ0n) is 12.8. The van der Waals surface area contributed by atoms with Crippen LogP contribution in [0.25, 0.3) is 0 Å². The van der Waals surface area contributed by atoms with Gasteiger partial charge in [0.2, 0.25) is 0 Å². The van der Waals surface area contributed by atoms with E-state index in [1.807, 2.05) is 12.1 Å². The molecule has 1 saturated carbocycles. The molecule has 22 heavy (non-hydrogen) atoms. The highest BCUT2D eigenvalue weighted by atomic mass is 35.5. The molecule has 0 spiro atoms. The van der Waals surface area contributed by atoms with Crippen LogP contribution < -0.4 is 15.4 Å². The van der Waals surface area contributed by atoms with Crippen LogP contribution in [-0.4, -0.2) is 36.9 Å². The molecule has 0 radical (unpaired) electrons. The summed E-state index contributed by atoms with van der Waals surface area (Å²) in [7, 11) is 1.62. The van der Waals surface area contributed by atoms with Crippen LogP contribution in [-0.2, 0) is 6.42 Å². The third kappa shape index (κ3) is 5.07. The minimum absolute atomic E-state index is 0.157. The van der Waals surface area contributed by atoms with Crippen molar-refractivity contribution in [2.24, 2.45) is 0 Å². The number of aliphatic hydroxyl groups is 1. The van der Waals surface area contributed by atoms with Crippen LogP contribution in [0.4, 0.5) is 4.79 Å².